The van der Waals surface area contributed by atoms with Gasteiger partial charge in [0, 0.05) is 34.8 Å². The molecule has 2 N–H and O–H groups in total. The topological polar surface area (TPSA) is 69.2 Å². The fraction of sp³-hybridized carbons (Fsp3) is 0.273. The summed E-state index contributed by atoms with van der Waals surface area (Å²) in [6.45, 7) is 2.04. The molecular formula is C22H22ClN3O2. The van der Waals surface area contributed by atoms with Gasteiger partial charge in [-0.3, -0.25) is 9.69 Å². The van der Waals surface area contributed by atoms with Gasteiger partial charge in [-0.2, -0.15) is 0 Å². The van der Waals surface area contributed by atoms with Crippen LogP contribution in [0.5, 0.6) is 0 Å². The number of aromatic amines is 1. The Kier molecular flexibility index (Phi) is 5.57. The van der Waals surface area contributed by atoms with Crippen molar-refractivity contribution >= 4 is 11.6 Å². The zero-order valence-electron chi connectivity index (χ0n) is 15.4. The Morgan fingerprint density at radius 1 is 1.18 bits per heavy atom. The highest BCUT2D eigenvalue weighted by Crippen LogP contribution is 2.27. The number of aliphatic hydroxyl groups is 1. The summed E-state index contributed by atoms with van der Waals surface area (Å²) < 4.78 is 0. The minimum Gasteiger partial charge on any atom is -0.395 e. The summed E-state index contributed by atoms with van der Waals surface area (Å²) in [7, 11) is 0. The van der Waals surface area contributed by atoms with Crippen LogP contribution in [0.1, 0.15) is 18.4 Å². The molecule has 6 heteroatoms. The molecule has 0 saturated carbocycles. The molecule has 1 aliphatic heterocycles. The predicted molar refractivity (Wildman–Crippen MR) is 111 cm³/mol. The van der Waals surface area contributed by atoms with E-state index >= 15 is 0 Å². The van der Waals surface area contributed by atoms with Crippen LogP contribution in [-0.4, -0.2) is 39.2 Å². The Morgan fingerprint density at radius 3 is 2.71 bits per heavy atom. The van der Waals surface area contributed by atoms with Crippen LogP contribution in [0.15, 0.2) is 59.4 Å². The molecule has 0 bridgehead atoms. The minimum absolute atomic E-state index is 0.206. The number of likely N-dealkylation sites (tertiary alicyclic amines) is 1. The number of H-pyrrole nitrogens is 1. The van der Waals surface area contributed by atoms with Crippen molar-refractivity contribution in [3.8, 4) is 22.6 Å². The Hall–Kier alpha value is -2.47. The van der Waals surface area contributed by atoms with Crippen LogP contribution in [0.4, 0.5) is 0 Å². The molecule has 0 amide bonds. The molecule has 2 aromatic carbocycles. The number of nitrogens with zero attached hydrogens (tertiary/aromatic N) is 2. The largest absolute Gasteiger partial charge is 0.395 e. The molecule has 1 atom stereocenters. The number of halogens is 1. The SMILES string of the molecule is O=c1cc(-c2ccccc2Cl)nc(-c2ccc(CN3CCC[C@@H]3CO)cc2)[nH]1. The van der Waals surface area contributed by atoms with Gasteiger partial charge in [0.2, 0.25) is 0 Å². The van der Waals surface area contributed by atoms with Crippen LogP contribution in [0.2, 0.25) is 5.02 Å². The first kappa shape index (κ1) is 18.9. The van der Waals surface area contributed by atoms with E-state index in [1.165, 1.54) is 11.6 Å². The summed E-state index contributed by atoms with van der Waals surface area (Å²) in [5, 5.41) is 10.0. The van der Waals surface area contributed by atoms with E-state index in [1.54, 1.807) is 6.07 Å². The molecular weight excluding hydrogens is 374 g/mol. The first-order chi connectivity index (χ1) is 13.6. The lowest BCUT2D eigenvalue weighted by molar-refractivity contribution is 0.153. The fourth-order valence-electron chi connectivity index (χ4n) is 3.71. The first-order valence-electron chi connectivity index (χ1n) is 9.44. The summed E-state index contributed by atoms with van der Waals surface area (Å²) in [5.74, 6) is 0.517. The Morgan fingerprint density at radius 2 is 1.96 bits per heavy atom. The smallest absolute Gasteiger partial charge is 0.251 e. The molecule has 4 rings (SSSR count). The Balaban J connectivity index is 1.59. The number of rotatable bonds is 5. The van der Waals surface area contributed by atoms with Gasteiger partial charge >= 0.3 is 0 Å². The van der Waals surface area contributed by atoms with E-state index in [4.69, 9.17) is 11.6 Å². The van der Waals surface area contributed by atoms with Crippen molar-refractivity contribution in [2.45, 2.75) is 25.4 Å². The highest BCUT2D eigenvalue weighted by Gasteiger charge is 2.23. The molecule has 3 aromatic rings. The van der Waals surface area contributed by atoms with Gasteiger partial charge in [-0.1, -0.05) is 54.1 Å². The van der Waals surface area contributed by atoms with Gasteiger partial charge in [0.25, 0.3) is 5.56 Å². The highest BCUT2D eigenvalue weighted by molar-refractivity contribution is 6.33. The second-order valence-electron chi connectivity index (χ2n) is 7.11. The molecule has 0 radical (unpaired) electrons. The van der Waals surface area contributed by atoms with E-state index in [-0.39, 0.29) is 18.2 Å². The zero-order chi connectivity index (χ0) is 19.5. The van der Waals surface area contributed by atoms with Crippen LogP contribution in [0.3, 0.4) is 0 Å². The third-order valence-corrected chi connectivity index (χ3v) is 5.54. The van der Waals surface area contributed by atoms with Crippen molar-refractivity contribution in [2.24, 2.45) is 0 Å². The summed E-state index contributed by atoms with van der Waals surface area (Å²) >= 11 is 6.26. The molecule has 0 spiro atoms. The van der Waals surface area contributed by atoms with E-state index in [9.17, 15) is 9.90 Å². The van der Waals surface area contributed by atoms with Crippen molar-refractivity contribution in [2.75, 3.05) is 13.2 Å². The van der Waals surface area contributed by atoms with Gasteiger partial charge in [-0.05, 0) is 31.0 Å². The second-order valence-corrected chi connectivity index (χ2v) is 7.51. The molecule has 0 aliphatic carbocycles. The van der Waals surface area contributed by atoms with Gasteiger partial charge in [-0.25, -0.2) is 4.98 Å². The van der Waals surface area contributed by atoms with Crippen molar-refractivity contribution < 1.29 is 5.11 Å². The normalized spacial score (nSPS) is 17.1. The van der Waals surface area contributed by atoms with E-state index in [2.05, 4.69) is 14.9 Å². The zero-order valence-corrected chi connectivity index (χ0v) is 16.2. The van der Waals surface area contributed by atoms with Crippen molar-refractivity contribution in [1.82, 2.24) is 14.9 Å². The monoisotopic (exact) mass is 395 g/mol. The maximum Gasteiger partial charge on any atom is 0.251 e. The third-order valence-electron chi connectivity index (χ3n) is 5.21. The average Bonchev–Trinajstić information content (AvgIpc) is 3.15. The predicted octanol–water partition coefficient (Wildman–Crippen LogP) is 3.71. The first-order valence-corrected chi connectivity index (χ1v) is 9.82. The van der Waals surface area contributed by atoms with E-state index in [1.807, 2.05) is 42.5 Å². The Bertz CT molecular complexity index is 1020. The molecule has 0 unspecified atom stereocenters. The maximum atomic E-state index is 12.2. The van der Waals surface area contributed by atoms with Crippen LogP contribution in [0, 0.1) is 0 Å². The molecule has 2 heterocycles. The number of aliphatic hydroxyl groups excluding tert-OH is 1. The average molecular weight is 396 g/mol. The van der Waals surface area contributed by atoms with Crippen molar-refractivity contribution in [1.29, 1.82) is 0 Å². The summed E-state index contributed by atoms with van der Waals surface area (Å²) in [6, 6.07) is 17.1. The lowest BCUT2D eigenvalue weighted by Gasteiger charge is -2.22. The van der Waals surface area contributed by atoms with Crippen molar-refractivity contribution in [3.63, 3.8) is 0 Å². The van der Waals surface area contributed by atoms with E-state index in [0.29, 0.717) is 16.5 Å². The van der Waals surface area contributed by atoms with Crippen LogP contribution in [0.25, 0.3) is 22.6 Å². The van der Waals surface area contributed by atoms with Crippen LogP contribution >= 0.6 is 11.6 Å². The number of aromatic nitrogens is 2. The second kappa shape index (κ2) is 8.27. The number of nitrogens with one attached hydrogen (secondary N) is 1. The summed E-state index contributed by atoms with van der Waals surface area (Å²) in [4.78, 5) is 21.9. The molecule has 1 fully saturated rings. The molecule has 1 aromatic heterocycles. The van der Waals surface area contributed by atoms with Gasteiger partial charge < -0.3 is 10.1 Å². The number of hydrogen-bond donors (Lipinski definition) is 2. The van der Waals surface area contributed by atoms with Crippen molar-refractivity contribution in [3.05, 3.63) is 75.5 Å². The molecule has 1 aliphatic rings. The van der Waals surface area contributed by atoms with Gasteiger partial charge in [0.05, 0.1) is 12.3 Å². The Labute approximate surface area is 168 Å². The van der Waals surface area contributed by atoms with Gasteiger partial charge in [-0.15, -0.1) is 0 Å². The van der Waals surface area contributed by atoms with Crippen LogP contribution < -0.4 is 5.56 Å². The maximum absolute atomic E-state index is 12.2. The molecule has 28 heavy (non-hydrogen) atoms. The van der Waals surface area contributed by atoms with Crippen LogP contribution in [-0.2, 0) is 6.54 Å². The molecule has 1 saturated heterocycles. The summed E-state index contributed by atoms with van der Waals surface area (Å²) in [6.07, 6.45) is 2.18. The van der Waals surface area contributed by atoms with Gasteiger partial charge in [0.1, 0.15) is 5.82 Å². The van der Waals surface area contributed by atoms with E-state index < -0.39 is 0 Å². The molecule has 5 nitrogen and oxygen atoms in total. The standard InChI is InChI=1S/C22H22ClN3O2/c23-19-6-2-1-5-18(19)20-12-21(28)25-22(24-20)16-9-7-15(8-10-16)13-26-11-3-4-17(26)14-27/h1-2,5-10,12,17,27H,3-4,11,13-14H2,(H,24,25,28)/t17-/m1/s1. The minimum atomic E-state index is -0.216. The quantitative estimate of drug-likeness (QED) is 0.690. The summed E-state index contributed by atoms with van der Waals surface area (Å²) in [5.41, 5.74) is 3.09. The highest BCUT2D eigenvalue weighted by atomic mass is 35.5. The van der Waals surface area contributed by atoms with Gasteiger partial charge in [0.15, 0.2) is 0 Å². The third kappa shape index (κ3) is 4.02. The lowest BCUT2D eigenvalue weighted by Crippen LogP contribution is -2.31. The lowest BCUT2D eigenvalue weighted by atomic mass is 10.1. The number of benzene rings is 2. The van der Waals surface area contributed by atoms with E-state index in [0.717, 1.165) is 37.1 Å². The molecule has 144 valence electrons. The number of hydrogen-bond acceptors (Lipinski definition) is 4. The fourth-order valence-corrected chi connectivity index (χ4v) is 3.95.